The van der Waals surface area contributed by atoms with Gasteiger partial charge in [-0.15, -0.1) is 0 Å². The number of pyridine rings is 1. The highest BCUT2D eigenvalue weighted by Gasteiger charge is 2.14. The van der Waals surface area contributed by atoms with Crippen LogP contribution in [0.25, 0.3) is 10.9 Å². The minimum Gasteiger partial charge on any atom is -0.464 e. The molecule has 0 radical (unpaired) electrons. The van der Waals surface area contributed by atoms with E-state index < -0.39 is 5.97 Å². The van der Waals surface area contributed by atoms with Gasteiger partial charge in [-0.25, -0.2) is 4.79 Å². The Balaban J connectivity index is 2.04. The van der Waals surface area contributed by atoms with E-state index in [-0.39, 0.29) is 11.1 Å². The molecule has 1 fully saturated rings. The van der Waals surface area contributed by atoms with Crippen molar-refractivity contribution in [1.29, 1.82) is 0 Å². The van der Waals surface area contributed by atoms with E-state index in [2.05, 4.69) is 14.6 Å². The first kappa shape index (κ1) is 13.6. The second-order valence-corrected chi connectivity index (χ2v) is 4.87. The number of morpholine rings is 1. The van der Waals surface area contributed by atoms with Crippen LogP contribution in [-0.4, -0.2) is 44.4 Å². The molecule has 0 spiro atoms. The fourth-order valence-corrected chi connectivity index (χ4v) is 2.47. The summed E-state index contributed by atoms with van der Waals surface area (Å²) in [5.74, 6) is -0.550. The first-order valence-electron chi connectivity index (χ1n) is 6.77. The SMILES string of the molecule is COC(=O)c1cc(=O)c2cc(N3CCOCC3)ccc2[nH]1. The van der Waals surface area contributed by atoms with Gasteiger partial charge < -0.3 is 19.4 Å². The number of fused-ring (bicyclic) bond motifs is 1. The molecule has 1 aliphatic heterocycles. The molecule has 0 atom stereocenters. The minimum atomic E-state index is -0.550. The lowest BCUT2D eigenvalue weighted by atomic mass is 10.1. The van der Waals surface area contributed by atoms with Crippen molar-refractivity contribution in [3.8, 4) is 0 Å². The van der Waals surface area contributed by atoms with Crippen molar-refractivity contribution in [2.24, 2.45) is 0 Å². The summed E-state index contributed by atoms with van der Waals surface area (Å²) in [6.45, 7) is 3.00. The lowest BCUT2D eigenvalue weighted by Crippen LogP contribution is -2.36. The summed E-state index contributed by atoms with van der Waals surface area (Å²) in [4.78, 5) is 28.8. The first-order chi connectivity index (χ1) is 10.2. The summed E-state index contributed by atoms with van der Waals surface area (Å²) >= 11 is 0. The highest BCUT2D eigenvalue weighted by Crippen LogP contribution is 2.20. The predicted octanol–water partition coefficient (Wildman–Crippen LogP) is 1.15. The van der Waals surface area contributed by atoms with Crippen molar-refractivity contribution in [2.45, 2.75) is 0 Å². The van der Waals surface area contributed by atoms with E-state index in [0.29, 0.717) is 24.1 Å². The van der Waals surface area contributed by atoms with Gasteiger partial charge in [0.2, 0.25) is 0 Å². The lowest BCUT2D eigenvalue weighted by Gasteiger charge is -2.29. The number of carbonyl (C=O) groups is 1. The number of methoxy groups -OCH3 is 1. The van der Waals surface area contributed by atoms with Gasteiger partial charge in [-0.3, -0.25) is 4.79 Å². The largest absolute Gasteiger partial charge is 0.464 e. The number of hydrogen-bond acceptors (Lipinski definition) is 5. The van der Waals surface area contributed by atoms with E-state index in [1.807, 2.05) is 18.2 Å². The van der Waals surface area contributed by atoms with Crippen LogP contribution in [0.2, 0.25) is 0 Å². The van der Waals surface area contributed by atoms with E-state index >= 15 is 0 Å². The van der Waals surface area contributed by atoms with Crippen molar-refractivity contribution in [2.75, 3.05) is 38.3 Å². The lowest BCUT2D eigenvalue weighted by molar-refractivity contribution is 0.0594. The monoisotopic (exact) mass is 288 g/mol. The van der Waals surface area contributed by atoms with Gasteiger partial charge in [0.15, 0.2) is 5.43 Å². The van der Waals surface area contributed by atoms with E-state index in [1.54, 1.807) is 0 Å². The molecule has 110 valence electrons. The number of aromatic amines is 1. The van der Waals surface area contributed by atoms with E-state index in [1.165, 1.54) is 13.2 Å². The standard InChI is InChI=1S/C15H16N2O4/c1-20-15(19)13-9-14(18)11-8-10(2-3-12(11)16-13)17-4-6-21-7-5-17/h2-3,8-9H,4-7H2,1H3,(H,16,18). The second kappa shape index (κ2) is 5.57. The molecular weight excluding hydrogens is 272 g/mol. The van der Waals surface area contributed by atoms with Crippen LogP contribution in [0.3, 0.4) is 0 Å². The highest BCUT2D eigenvalue weighted by molar-refractivity contribution is 5.91. The first-order valence-corrected chi connectivity index (χ1v) is 6.77. The maximum absolute atomic E-state index is 12.2. The number of H-pyrrole nitrogens is 1. The van der Waals surface area contributed by atoms with Gasteiger partial charge in [-0.1, -0.05) is 0 Å². The number of anilines is 1. The van der Waals surface area contributed by atoms with Gasteiger partial charge in [0.25, 0.3) is 0 Å². The molecule has 2 heterocycles. The Hall–Kier alpha value is -2.34. The van der Waals surface area contributed by atoms with Gasteiger partial charge in [-0.2, -0.15) is 0 Å². The summed E-state index contributed by atoms with van der Waals surface area (Å²) in [5.41, 5.74) is 1.58. The van der Waals surface area contributed by atoms with Crippen LogP contribution in [0.1, 0.15) is 10.5 Å². The second-order valence-electron chi connectivity index (χ2n) is 4.87. The van der Waals surface area contributed by atoms with Gasteiger partial charge in [0.1, 0.15) is 5.69 Å². The van der Waals surface area contributed by atoms with Crippen molar-refractivity contribution in [3.05, 3.63) is 40.2 Å². The zero-order valence-corrected chi connectivity index (χ0v) is 11.7. The Morgan fingerprint density at radius 2 is 2.05 bits per heavy atom. The molecule has 21 heavy (non-hydrogen) atoms. The van der Waals surface area contributed by atoms with Crippen LogP contribution < -0.4 is 10.3 Å². The number of hydrogen-bond donors (Lipinski definition) is 1. The quantitative estimate of drug-likeness (QED) is 0.839. The van der Waals surface area contributed by atoms with Crippen LogP contribution in [0.15, 0.2) is 29.1 Å². The number of benzene rings is 1. The number of ether oxygens (including phenoxy) is 2. The van der Waals surface area contributed by atoms with Crippen molar-refractivity contribution >= 4 is 22.6 Å². The van der Waals surface area contributed by atoms with E-state index in [4.69, 9.17) is 4.74 Å². The molecule has 6 nitrogen and oxygen atoms in total. The molecule has 1 saturated heterocycles. The van der Waals surface area contributed by atoms with Gasteiger partial charge in [-0.05, 0) is 18.2 Å². The smallest absolute Gasteiger partial charge is 0.354 e. The Morgan fingerprint density at radius 3 is 2.76 bits per heavy atom. The fourth-order valence-electron chi connectivity index (χ4n) is 2.47. The molecule has 1 aromatic carbocycles. The average Bonchev–Trinajstić information content (AvgIpc) is 2.54. The zero-order valence-electron chi connectivity index (χ0n) is 11.7. The number of aromatic nitrogens is 1. The molecule has 1 aliphatic rings. The summed E-state index contributed by atoms with van der Waals surface area (Å²) in [6, 6.07) is 6.87. The third kappa shape index (κ3) is 2.62. The van der Waals surface area contributed by atoms with E-state index in [0.717, 1.165) is 18.8 Å². The number of nitrogens with one attached hydrogen (secondary N) is 1. The Kier molecular flexibility index (Phi) is 3.62. The third-order valence-electron chi connectivity index (χ3n) is 3.59. The summed E-state index contributed by atoms with van der Waals surface area (Å²) < 4.78 is 9.95. The molecule has 0 amide bonds. The van der Waals surface area contributed by atoms with Crippen LogP contribution in [-0.2, 0) is 9.47 Å². The van der Waals surface area contributed by atoms with Crippen molar-refractivity contribution in [3.63, 3.8) is 0 Å². The number of rotatable bonds is 2. The Labute approximate surface area is 121 Å². The van der Waals surface area contributed by atoms with Crippen LogP contribution in [0, 0.1) is 0 Å². The maximum atomic E-state index is 12.2. The van der Waals surface area contributed by atoms with Crippen LogP contribution >= 0.6 is 0 Å². The summed E-state index contributed by atoms with van der Waals surface area (Å²) in [6.07, 6.45) is 0. The number of nitrogens with zero attached hydrogens (tertiary/aromatic N) is 1. The topological polar surface area (TPSA) is 71.6 Å². The Morgan fingerprint density at radius 1 is 1.29 bits per heavy atom. The van der Waals surface area contributed by atoms with Crippen molar-refractivity contribution < 1.29 is 14.3 Å². The molecule has 6 heteroatoms. The fraction of sp³-hybridized carbons (Fsp3) is 0.333. The zero-order chi connectivity index (χ0) is 14.8. The average molecular weight is 288 g/mol. The molecule has 2 aromatic rings. The molecule has 0 unspecified atom stereocenters. The molecule has 0 saturated carbocycles. The molecular formula is C15H16N2O4. The molecule has 0 aliphatic carbocycles. The molecule has 1 N–H and O–H groups in total. The summed E-state index contributed by atoms with van der Waals surface area (Å²) in [5, 5.41) is 0.562. The van der Waals surface area contributed by atoms with Gasteiger partial charge in [0.05, 0.1) is 25.8 Å². The molecule has 1 aromatic heterocycles. The van der Waals surface area contributed by atoms with Gasteiger partial charge >= 0.3 is 5.97 Å². The Bertz CT molecular complexity index is 732. The maximum Gasteiger partial charge on any atom is 0.354 e. The molecule has 3 rings (SSSR count). The summed E-state index contributed by atoms with van der Waals surface area (Å²) in [7, 11) is 1.28. The number of carbonyl (C=O) groups excluding carboxylic acids is 1. The highest BCUT2D eigenvalue weighted by atomic mass is 16.5. The normalized spacial score (nSPS) is 15.2. The van der Waals surface area contributed by atoms with E-state index in [9.17, 15) is 9.59 Å². The predicted molar refractivity (Wildman–Crippen MR) is 78.9 cm³/mol. The van der Waals surface area contributed by atoms with Crippen LogP contribution in [0.5, 0.6) is 0 Å². The van der Waals surface area contributed by atoms with Crippen molar-refractivity contribution in [1.82, 2.24) is 4.98 Å². The number of esters is 1. The minimum absolute atomic E-state index is 0.161. The third-order valence-corrected chi connectivity index (χ3v) is 3.59. The van der Waals surface area contributed by atoms with Crippen LogP contribution in [0.4, 0.5) is 5.69 Å². The van der Waals surface area contributed by atoms with Gasteiger partial charge in [0, 0.05) is 30.2 Å². The molecule has 0 bridgehead atoms.